The minimum Gasteiger partial charge on any atom is -0.481 e. The molecular formula is C24H24F3N3O4. The van der Waals surface area contributed by atoms with Gasteiger partial charge in [-0.2, -0.15) is 0 Å². The van der Waals surface area contributed by atoms with Crippen LogP contribution in [-0.2, 0) is 6.54 Å². The van der Waals surface area contributed by atoms with Crippen LogP contribution in [0.25, 0.3) is 21.9 Å². The molecule has 1 aliphatic rings. The molecule has 0 unspecified atom stereocenters. The van der Waals surface area contributed by atoms with Gasteiger partial charge < -0.3 is 19.3 Å². The van der Waals surface area contributed by atoms with Crippen molar-refractivity contribution in [1.82, 2.24) is 14.5 Å². The first-order chi connectivity index (χ1) is 16.3. The lowest BCUT2D eigenvalue weighted by molar-refractivity contribution is 0.0210. The molecule has 0 spiro atoms. The van der Waals surface area contributed by atoms with Gasteiger partial charge in [-0.1, -0.05) is 13.3 Å². The number of hydrogen-bond donors (Lipinski definition) is 1. The van der Waals surface area contributed by atoms with E-state index < -0.39 is 42.3 Å². The third-order valence-electron chi connectivity index (χ3n) is 5.97. The van der Waals surface area contributed by atoms with E-state index >= 15 is 0 Å². The van der Waals surface area contributed by atoms with Crippen LogP contribution >= 0.6 is 0 Å². The van der Waals surface area contributed by atoms with E-state index in [0.717, 1.165) is 29.9 Å². The van der Waals surface area contributed by atoms with Gasteiger partial charge in [0.25, 0.3) is 5.56 Å². The fourth-order valence-electron chi connectivity index (χ4n) is 4.13. The van der Waals surface area contributed by atoms with Crippen LogP contribution in [0.5, 0.6) is 5.75 Å². The number of amides is 1. The van der Waals surface area contributed by atoms with Gasteiger partial charge in [0, 0.05) is 43.7 Å². The van der Waals surface area contributed by atoms with Crippen molar-refractivity contribution in [3.8, 4) is 16.9 Å². The summed E-state index contributed by atoms with van der Waals surface area (Å²) < 4.78 is 51.2. The van der Waals surface area contributed by atoms with Crippen LogP contribution in [0.2, 0.25) is 0 Å². The van der Waals surface area contributed by atoms with Crippen LogP contribution in [-0.4, -0.2) is 51.0 Å². The molecule has 180 valence electrons. The number of benzene rings is 1. The van der Waals surface area contributed by atoms with Crippen molar-refractivity contribution in [3.05, 3.63) is 58.8 Å². The smallest absolute Gasteiger partial charge is 0.407 e. The lowest BCUT2D eigenvalue weighted by atomic mass is 10.0. The summed E-state index contributed by atoms with van der Waals surface area (Å²) in [7, 11) is 0. The van der Waals surface area contributed by atoms with E-state index in [1.54, 1.807) is 12.3 Å². The number of carbonyl (C=O) groups is 1. The molecule has 7 nitrogen and oxygen atoms in total. The van der Waals surface area contributed by atoms with Gasteiger partial charge in [-0.3, -0.25) is 9.78 Å². The monoisotopic (exact) mass is 475 g/mol. The molecule has 0 aliphatic carbocycles. The van der Waals surface area contributed by atoms with Crippen molar-refractivity contribution in [2.75, 3.05) is 13.1 Å². The summed E-state index contributed by atoms with van der Waals surface area (Å²) in [5.41, 5.74) is 0.416. The van der Waals surface area contributed by atoms with Crippen LogP contribution < -0.4 is 10.3 Å². The van der Waals surface area contributed by atoms with Crippen molar-refractivity contribution in [2.24, 2.45) is 0 Å². The summed E-state index contributed by atoms with van der Waals surface area (Å²) in [6, 6.07) is 3.78. The van der Waals surface area contributed by atoms with E-state index in [1.807, 2.05) is 6.92 Å². The van der Waals surface area contributed by atoms with Crippen molar-refractivity contribution >= 4 is 16.9 Å². The molecule has 1 saturated heterocycles. The predicted molar refractivity (Wildman–Crippen MR) is 120 cm³/mol. The van der Waals surface area contributed by atoms with E-state index in [0.29, 0.717) is 22.9 Å². The number of hydrogen-bond acceptors (Lipinski definition) is 4. The van der Waals surface area contributed by atoms with E-state index in [2.05, 4.69) is 4.98 Å². The van der Waals surface area contributed by atoms with Crippen molar-refractivity contribution < 1.29 is 27.8 Å². The van der Waals surface area contributed by atoms with Gasteiger partial charge in [0.2, 0.25) is 0 Å². The summed E-state index contributed by atoms with van der Waals surface area (Å²) >= 11 is 0. The van der Waals surface area contributed by atoms with Gasteiger partial charge in [-0.25, -0.2) is 18.0 Å². The molecular weight excluding hydrogens is 451 g/mol. The van der Waals surface area contributed by atoms with Gasteiger partial charge in [-0.05, 0) is 35.6 Å². The Balaban J connectivity index is 1.69. The summed E-state index contributed by atoms with van der Waals surface area (Å²) in [5, 5.41) is 9.83. The first-order valence-corrected chi connectivity index (χ1v) is 11.0. The molecule has 10 heteroatoms. The minimum absolute atomic E-state index is 0.00106. The standard InChI is InChI=1S/C24H24F3N3O4/c1-2-3-7-29-12-17(15-4-6-28-11-16(15)23(29)31)14-9-18(25)22(19(26)10-14)34-21-5-8-30(24(32)33)13-20(21)27/h4,6,9-12,20-21H,2-3,5,7-8,13H2,1H3,(H,32,33)/t20-,21-/m1/s1. The number of aromatic nitrogens is 2. The molecule has 0 radical (unpaired) electrons. The van der Waals surface area contributed by atoms with Crippen LogP contribution in [0.3, 0.4) is 0 Å². The molecule has 1 amide bonds. The van der Waals surface area contributed by atoms with E-state index in [9.17, 15) is 22.8 Å². The molecule has 3 heterocycles. The maximum absolute atomic E-state index is 15.0. The highest BCUT2D eigenvalue weighted by Crippen LogP contribution is 2.33. The molecule has 1 N–H and O–H groups in total. The first kappa shape index (κ1) is 23.6. The highest BCUT2D eigenvalue weighted by molar-refractivity contribution is 5.95. The van der Waals surface area contributed by atoms with E-state index in [4.69, 9.17) is 9.84 Å². The fourth-order valence-corrected chi connectivity index (χ4v) is 4.13. The molecule has 1 aliphatic heterocycles. The second kappa shape index (κ2) is 9.74. The van der Waals surface area contributed by atoms with Crippen molar-refractivity contribution in [2.45, 2.75) is 45.0 Å². The number of aryl methyl sites for hydroxylation is 1. The van der Waals surface area contributed by atoms with Crippen LogP contribution in [0, 0.1) is 11.6 Å². The zero-order valence-corrected chi connectivity index (χ0v) is 18.5. The van der Waals surface area contributed by atoms with E-state index in [1.165, 1.54) is 17.0 Å². The molecule has 0 saturated carbocycles. The van der Waals surface area contributed by atoms with Gasteiger partial charge in [0.15, 0.2) is 23.6 Å². The highest BCUT2D eigenvalue weighted by Gasteiger charge is 2.34. The van der Waals surface area contributed by atoms with Gasteiger partial charge in [-0.15, -0.1) is 0 Å². The molecule has 3 aromatic rings. The number of alkyl halides is 1. The predicted octanol–water partition coefficient (Wildman–Crippen LogP) is 4.61. The molecule has 0 bridgehead atoms. The van der Waals surface area contributed by atoms with Crippen molar-refractivity contribution in [3.63, 3.8) is 0 Å². The Morgan fingerprint density at radius 1 is 1.26 bits per heavy atom. The van der Waals surface area contributed by atoms with Gasteiger partial charge in [0.1, 0.15) is 6.10 Å². The SMILES string of the molecule is CCCCn1cc(-c2cc(F)c(O[C@@H]3CCN(C(=O)O)C[C@H]3F)c(F)c2)c2ccncc2c1=O. The Morgan fingerprint density at radius 3 is 2.65 bits per heavy atom. The third kappa shape index (κ3) is 4.57. The molecule has 1 aromatic carbocycles. The molecule has 34 heavy (non-hydrogen) atoms. The Bertz CT molecular complexity index is 1260. The Labute approximate surface area is 193 Å². The van der Waals surface area contributed by atoms with Crippen LogP contribution in [0.4, 0.5) is 18.0 Å². The second-order valence-electron chi connectivity index (χ2n) is 8.27. The summed E-state index contributed by atoms with van der Waals surface area (Å²) in [6.45, 7) is 2.01. The number of halogens is 3. The molecule has 2 atom stereocenters. The Morgan fingerprint density at radius 2 is 2.00 bits per heavy atom. The number of fused-ring (bicyclic) bond motifs is 1. The maximum atomic E-state index is 15.0. The average molecular weight is 475 g/mol. The first-order valence-electron chi connectivity index (χ1n) is 11.0. The minimum atomic E-state index is -1.72. The van der Waals surface area contributed by atoms with Crippen molar-refractivity contribution in [1.29, 1.82) is 0 Å². The van der Waals surface area contributed by atoms with E-state index in [-0.39, 0.29) is 24.1 Å². The quantitative estimate of drug-likeness (QED) is 0.563. The van der Waals surface area contributed by atoms with Crippen LogP contribution in [0.15, 0.2) is 41.6 Å². The zero-order chi connectivity index (χ0) is 24.4. The second-order valence-corrected chi connectivity index (χ2v) is 8.27. The topological polar surface area (TPSA) is 84.7 Å². The van der Waals surface area contributed by atoms with Crippen LogP contribution in [0.1, 0.15) is 26.2 Å². The molecule has 1 fully saturated rings. The summed E-state index contributed by atoms with van der Waals surface area (Å²) in [5.74, 6) is -2.75. The highest BCUT2D eigenvalue weighted by atomic mass is 19.1. The number of nitrogens with zero attached hydrogens (tertiary/aromatic N) is 3. The largest absolute Gasteiger partial charge is 0.481 e. The number of piperidine rings is 1. The maximum Gasteiger partial charge on any atom is 0.407 e. The fraction of sp³-hybridized carbons (Fsp3) is 0.375. The summed E-state index contributed by atoms with van der Waals surface area (Å²) in [6.07, 6.45) is 1.94. The van der Waals surface area contributed by atoms with Gasteiger partial charge in [0.05, 0.1) is 11.9 Å². The molecule has 4 rings (SSSR count). The Kier molecular flexibility index (Phi) is 6.76. The molecule has 2 aromatic heterocycles. The normalized spacial score (nSPS) is 18.3. The number of carboxylic acid groups (broad SMARTS) is 1. The third-order valence-corrected chi connectivity index (χ3v) is 5.97. The number of pyridine rings is 2. The average Bonchev–Trinajstić information content (AvgIpc) is 2.81. The number of likely N-dealkylation sites (tertiary alicyclic amines) is 1. The summed E-state index contributed by atoms with van der Waals surface area (Å²) in [4.78, 5) is 28.7. The zero-order valence-electron chi connectivity index (χ0n) is 18.5. The number of ether oxygens (including phenoxy) is 1. The number of unbranched alkanes of at least 4 members (excludes halogenated alkanes) is 1. The van der Waals surface area contributed by atoms with Gasteiger partial charge >= 0.3 is 6.09 Å². The Hall–Kier alpha value is -3.56. The lowest BCUT2D eigenvalue weighted by Gasteiger charge is -2.33. The number of rotatable bonds is 6. The lowest BCUT2D eigenvalue weighted by Crippen LogP contribution is -2.48.